The van der Waals surface area contributed by atoms with Crippen LogP contribution in [-0.4, -0.2) is 18.0 Å². The number of rotatable bonds is 12. The molecule has 3 heteroatoms. The smallest absolute Gasteiger partial charge is 0.160 e. The van der Waals surface area contributed by atoms with Gasteiger partial charge in [-0.25, -0.2) is 0 Å². The number of carbonyl (C=O) groups excluding carboxylic acids is 1. The van der Waals surface area contributed by atoms with E-state index in [1.54, 1.807) is 18.2 Å². The van der Waals surface area contributed by atoms with Gasteiger partial charge in [-0.3, -0.25) is 4.79 Å². The maximum atomic E-state index is 11.8. The van der Waals surface area contributed by atoms with E-state index in [1.807, 2.05) is 12.1 Å². The van der Waals surface area contributed by atoms with Gasteiger partial charge in [0.2, 0.25) is 0 Å². The fraction of sp³-hybridized carbons (Fsp3) is 0.550. The Kier molecular flexibility index (Phi) is 9.85. The van der Waals surface area contributed by atoms with Crippen molar-refractivity contribution in [2.24, 2.45) is 0 Å². The van der Waals surface area contributed by atoms with Crippen molar-refractivity contribution in [3.63, 3.8) is 0 Å². The van der Waals surface area contributed by atoms with Crippen LogP contribution < -0.4 is 4.74 Å². The summed E-state index contributed by atoms with van der Waals surface area (Å²) in [4.78, 5) is 11.8. The van der Waals surface area contributed by atoms with E-state index in [0.717, 1.165) is 18.4 Å². The molecule has 0 amide bonds. The molecule has 0 bridgehead atoms. The highest BCUT2D eigenvalue weighted by atomic mass is 16.5. The number of aromatic hydroxyl groups is 1. The predicted molar refractivity (Wildman–Crippen MR) is 95.1 cm³/mol. The van der Waals surface area contributed by atoms with E-state index in [2.05, 4.69) is 6.92 Å². The molecule has 1 aromatic rings. The number of ether oxygens (including phenoxy) is 1. The summed E-state index contributed by atoms with van der Waals surface area (Å²) >= 11 is 0. The third-order valence-corrected chi connectivity index (χ3v) is 3.93. The first kappa shape index (κ1) is 19.3. The van der Waals surface area contributed by atoms with Crippen molar-refractivity contribution in [3.8, 4) is 11.5 Å². The minimum atomic E-state index is 0.132. The van der Waals surface area contributed by atoms with Crippen molar-refractivity contribution in [1.29, 1.82) is 0 Å². The van der Waals surface area contributed by atoms with Crippen LogP contribution in [0.25, 0.3) is 0 Å². The van der Waals surface area contributed by atoms with Crippen LogP contribution in [0.2, 0.25) is 0 Å². The molecule has 0 aromatic heterocycles. The third kappa shape index (κ3) is 8.44. The van der Waals surface area contributed by atoms with Crippen molar-refractivity contribution < 1.29 is 14.6 Å². The van der Waals surface area contributed by atoms with E-state index in [9.17, 15) is 9.90 Å². The van der Waals surface area contributed by atoms with Crippen LogP contribution in [0.3, 0.4) is 0 Å². The molecule has 0 aliphatic rings. The summed E-state index contributed by atoms with van der Waals surface area (Å²) < 4.78 is 5.01. The monoisotopic (exact) mass is 318 g/mol. The van der Waals surface area contributed by atoms with Crippen LogP contribution in [0.5, 0.6) is 11.5 Å². The molecule has 0 fully saturated rings. The summed E-state index contributed by atoms with van der Waals surface area (Å²) in [6.07, 6.45) is 13.4. The molecule has 0 aliphatic carbocycles. The zero-order valence-corrected chi connectivity index (χ0v) is 14.5. The van der Waals surface area contributed by atoms with Gasteiger partial charge >= 0.3 is 0 Å². The van der Waals surface area contributed by atoms with Crippen LogP contribution >= 0.6 is 0 Å². The number of unbranched alkanes of at least 4 members (excludes halogenated alkanes) is 6. The first-order valence-electron chi connectivity index (χ1n) is 8.72. The minimum Gasteiger partial charge on any atom is -0.504 e. The Balaban J connectivity index is 2.19. The topological polar surface area (TPSA) is 46.5 Å². The Morgan fingerprint density at radius 1 is 1.13 bits per heavy atom. The summed E-state index contributed by atoms with van der Waals surface area (Å²) in [6, 6.07) is 5.30. The van der Waals surface area contributed by atoms with Gasteiger partial charge in [0.1, 0.15) is 0 Å². The Morgan fingerprint density at radius 3 is 2.48 bits per heavy atom. The Bertz CT molecular complexity index is 492. The second kappa shape index (κ2) is 11.8. The van der Waals surface area contributed by atoms with Gasteiger partial charge in [0, 0.05) is 6.42 Å². The second-order valence-corrected chi connectivity index (χ2v) is 5.95. The van der Waals surface area contributed by atoms with E-state index in [4.69, 9.17) is 4.74 Å². The summed E-state index contributed by atoms with van der Waals surface area (Å²) in [5.74, 6) is 0.789. The number of ketones is 1. The number of hydrogen-bond donors (Lipinski definition) is 1. The van der Waals surface area contributed by atoms with Crippen LogP contribution in [0, 0.1) is 0 Å². The lowest BCUT2D eigenvalue weighted by atomic mass is 10.1. The van der Waals surface area contributed by atoms with Crippen molar-refractivity contribution in [1.82, 2.24) is 0 Å². The van der Waals surface area contributed by atoms with Gasteiger partial charge < -0.3 is 9.84 Å². The molecule has 0 radical (unpaired) electrons. The zero-order chi connectivity index (χ0) is 16.9. The van der Waals surface area contributed by atoms with Crippen molar-refractivity contribution in [2.75, 3.05) is 7.11 Å². The first-order chi connectivity index (χ1) is 11.2. The Labute approximate surface area is 140 Å². The molecule has 0 heterocycles. The second-order valence-electron chi connectivity index (χ2n) is 5.95. The van der Waals surface area contributed by atoms with Gasteiger partial charge in [0.25, 0.3) is 0 Å². The number of phenolic OH excluding ortho intramolecular Hbond substituents is 1. The number of phenols is 1. The normalized spacial score (nSPS) is 11.0. The first-order valence-corrected chi connectivity index (χ1v) is 8.72. The van der Waals surface area contributed by atoms with Crippen molar-refractivity contribution >= 4 is 5.78 Å². The highest BCUT2D eigenvalue weighted by Crippen LogP contribution is 2.26. The molecule has 1 N–H and O–H groups in total. The molecule has 0 saturated carbocycles. The largest absolute Gasteiger partial charge is 0.504 e. The van der Waals surface area contributed by atoms with Crippen LogP contribution in [0.1, 0.15) is 63.9 Å². The summed E-state index contributed by atoms with van der Waals surface area (Å²) in [5, 5.41) is 9.70. The van der Waals surface area contributed by atoms with E-state index < -0.39 is 0 Å². The number of methoxy groups -OCH3 is 1. The van der Waals surface area contributed by atoms with Gasteiger partial charge in [0.05, 0.1) is 7.11 Å². The molecule has 128 valence electrons. The van der Waals surface area contributed by atoms with Gasteiger partial charge in [-0.1, -0.05) is 57.6 Å². The van der Waals surface area contributed by atoms with Gasteiger partial charge in [-0.15, -0.1) is 0 Å². The van der Waals surface area contributed by atoms with Gasteiger partial charge in [-0.2, -0.15) is 0 Å². The molecular weight excluding hydrogens is 288 g/mol. The van der Waals surface area contributed by atoms with Crippen molar-refractivity contribution in [3.05, 3.63) is 35.9 Å². The lowest BCUT2D eigenvalue weighted by molar-refractivity contribution is -0.114. The molecular formula is C20H30O3. The number of benzene rings is 1. The molecule has 0 spiro atoms. The fourth-order valence-corrected chi connectivity index (χ4v) is 2.53. The molecule has 0 unspecified atom stereocenters. The number of allylic oxidation sites excluding steroid dienone is 2. The minimum absolute atomic E-state index is 0.132. The average Bonchev–Trinajstić information content (AvgIpc) is 2.54. The fourth-order valence-electron chi connectivity index (χ4n) is 2.53. The van der Waals surface area contributed by atoms with E-state index in [1.165, 1.54) is 39.2 Å². The Morgan fingerprint density at radius 2 is 1.83 bits per heavy atom. The maximum absolute atomic E-state index is 11.8. The number of carbonyl (C=O) groups is 1. The lowest BCUT2D eigenvalue weighted by Crippen LogP contribution is -1.93. The predicted octanol–water partition coefficient (Wildman–Crippen LogP) is 5.21. The molecule has 23 heavy (non-hydrogen) atoms. The highest BCUT2D eigenvalue weighted by molar-refractivity contribution is 5.89. The van der Waals surface area contributed by atoms with Crippen molar-refractivity contribution in [2.45, 2.75) is 64.7 Å². The highest BCUT2D eigenvalue weighted by Gasteiger charge is 2.02. The van der Waals surface area contributed by atoms with E-state index in [-0.39, 0.29) is 11.5 Å². The molecule has 1 aromatic carbocycles. The zero-order valence-electron chi connectivity index (χ0n) is 14.5. The summed E-state index contributed by atoms with van der Waals surface area (Å²) in [6.45, 7) is 2.22. The SMILES string of the molecule is CCCCCCCCCC(=O)C=CCc1ccc(OC)c(O)c1. The Hall–Kier alpha value is -1.77. The van der Waals surface area contributed by atoms with E-state index >= 15 is 0 Å². The molecule has 0 atom stereocenters. The average molecular weight is 318 g/mol. The quantitative estimate of drug-likeness (QED) is 0.425. The standard InChI is InChI=1S/C20H30O3/c1-3-4-5-6-7-8-9-12-18(21)13-10-11-17-14-15-20(23-2)19(22)16-17/h10,13-16,22H,3-9,11-12H2,1-2H3. The maximum Gasteiger partial charge on any atom is 0.160 e. The van der Waals surface area contributed by atoms with Gasteiger partial charge in [-0.05, 0) is 36.6 Å². The molecule has 1 rings (SSSR count). The van der Waals surface area contributed by atoms with Crippen LogP contribution in [0.15, 0.2) is 30.4 Å². The van der Waals surface area contributed by atoms with Crippen LogP contribution in [-0.2, 0) is 11.2 Å². The van der Waals surface area contributed by atoms with Crippen LogP contribution in [0.4, 0.5) is 0 Å². The summed E-state index contributed by atoms with van der Waals surface area (Å²) in [7, 11) is 1.52. The molecule has 3 nitrogen and oxygen atoms in total. The van der Waals surface area contributed by atoms with E-state index in [0.29, 0.717) is 18.6 Å². The third-order valence-electron chi connectivity index (χ3n) is 3.93. The lowest BCUT2D eigenvalue weighted by Gasteiger charge is -2.04. The number of hydrogen-bond acceptors (Lipinski definition) is 3. The molecule has 0 aliphatic heterocycles. The summed E-state index contributed by atoms with van der Waals surface area (Å²) in [5.41, 5.74) is 0.961. The molecule has 0 saturated heterocycles. The van der Waals surface area contributed by atoms with Gasteiger partial charge in [0.15, 0.2) is 17.3 Å².